The van der Waals surface area contributed by atoms with Crippen LogP contribution in [0.1, 0.15) is 35.2 Å². The van der Waals surface area contributed by atoms with Crippen molar-refractivity contribution in [3.05, 3.63) is 23.2 Å². The van der Waals surface area contributed by atoms with Gasteiger partial charge in [-0.15, -0.1) is 0 Å². The van der Waals surface area contributed by atoms with Crippen LogP contribution in [0.4, 0.5) is 0 Å². The fourth-order valence-corrected chi connectivity index (χ4v) is 2.28. The average Bonchev–Trinajstić information content (AvgIpc) is 2.94. The zero-order chi connectivity index (χ0) is 13.3. The van der Waals surface area contributed by atoms with Crippen LogP contribution in [0.5, 0.6) is 0 Å². The summed E-state index contributed by atoms with van der Waals surface area (Å²) in [6, 6.07) is 1.73. The largest absolute Gasteiger partial charge is 0.481 e. The van der Waals surface area contributed by atoms with E-state index >= 15 is 0 Å². The van der Waals surface area contributed by atoms with E-state index in [0.29, 0.717) is 18.7 Å². The van der Waals surface area contributed by atoms with Gasteiger partial charge in [-0.2, -0.15) is 0 Å². The van der Waals surface area contributed by atoms with Crippen molar-refractivity contribution < 1.29 is 19.1 Å². The number of likely N-dealkylation sites (tertiary alicyclic amines) is 1. The topological polar surface area (TPSA) is 70.8 Å². The maximum absolute atomic E-state index is 12.1. The van der Waals surface area contributed by atoms with Crippen LogP contribution in [0.15, 0.2) is 10.5 Å². The Bertz CT molecular complexity index is 477. The van der Waals surface area contributed by atoms with E-state index in [1.807, 2.05) is 13.8 Å². The van der Waals surface area contributed by atoms with Crippen molar-refractivity contribution in [2.45, 2.75) is 26.7 Å². The minimum Gasteiger partial charge on any atom is -0.481 e. The molecule has 1 aliphatic rings. The van der Waals surface area contributed by atoms with Crippen LogP contribution in [-0.4, -0.2) is 35.0 Å². The summed E-state index contributed by atoms with van der Waals surface area (Å²) in [6.45, 7) is 4.63. The van der Waals surface area contributed by atoms with Crippen molar-refractivity contribution in [3.8, 4) is 0 Å². The molecule has 1 fully saturated rings. The molecule has 0 spiro atoms. The summed E-state index contributed by atoms with van der Waals surface area (Å²) >= 11 is 0. The maximum atomic E-state index is 12.1. The average molecular weight is 251 g/mol. The highest BCUT2D eigenvalue weighted by atomic mass is 16.4. The van der Waals surface area contributed by atoms with E-state index in [1.54, 1.807) is 11.0 Å². The van der Waals surface area contributed by atoms with Crippen LogP contribution in [-0.2, 0) is 11.2 Å². The van der Waals surface area contributed by atoms with Gasteiger partial charge < -0.3 is 14.4 Å². The molecule has 2 rings (SSSR count). The molecule has 1 amide bonds. The Hall–Kier alpha value is -1.78. The van der Waals surface area contributed by atoms with E-state index in [4.69, 9.17) is 9.52 Å². The lowest BCUT2D eigenvalue weighted by Crippen LogP contribution is -2.29. The fraction of sp³-hybridized carbons (Fsp3) is 0.538. The Balaban J connectivity index is 2.10. The van der Waals surface area contributed by atoms with E-state index in [1.165, 1.54) is 0 Å². The zero-order valence-electron chi connectivity index (χ0n) is 10.6. The number of hydrogen-bond donors (Lipinski definition) is 1. The quantitative estimate of drug-likeness (QED) is 0.887. The van der Waals surface area contributed by atoms with E-state index in [9.17, 15) is 9.59 Å². The lowest BCUT2D eigenvalue weighted by Gasteiger charge is -2.13. The molecule has 0 saturated carbocycles. The van der Waals surface area contributed by atoms with Crippen LogP contribution >= 0.6 is 0 Å². The number of amides is 1. The van der Waals surface area contributed by atoms with Gasteiger partial charge in [0.15, 0.2) is 5.76 Å². The smallest absolute Gasteiger partial charge is 0.308 e. The number of carbonyl (C=O) groups is 2. The van der Waals surface area contributed by atoms with Crippen LogP contribution in [0, 0.1) is 12.8 Å². The lowest BCUT2D eigenvalue weighted by atomic mass is 10.1. The Kier molecular flexibility index (Phi) is 3.41. The van der Waals surface area contributed by atoms with E-state index < -0.39 is 11.9 Å². The molecule has 5 heteroatoms. The first-order chi connectivity index (χ1) is 8.52. The highest BCUT2D eigenvalue weighted by Gasteiger charge is 2.32. The summed E-state index contributed by atoms with van der Waals surface area (Å²) in [5, 5.41) is 8.91. The minimum absolute atomic E-state index is 0.207. The van der Waals surface area contributed by atoms with Crippen molar-refractivity contribution in [1.29, 1.82) is 0 Å². The molecular weight excluding hydrogens is 234 g/mol. The summed E-state index contributed by atoms with van der Waals surface area (Å²) in [4.78, 5) is 24.5. The van der Waals surface area contributed by atoms with Gasteiger partial charge in [0.2, 0.25) is 0 Å². The second-order valence-electron chi connectivity index (χ2n) is 4.65. The van der Waals surface area contributed by atoms with Crippen molar-refractivity contribution >= 4 is 11.9 Å². The number of carboxylic acids is 1. The van der Waals surface area contributed by atoms with Gasteiger partial charge in [-0.3, -0.25) is 9.59 Å². The maximum Gasteiger partial charge on any atom is 0.308 e. The van der Waals surface area contributed by atoms with Gasteiger partial charge in [-0.25, -0.2) is 0 Å². The summed E-state index contributed by atoms with van der Waals surface area (Å²) in [6.07, 6.45) is 1.26. The summed E-state index contributed by atoms with van der Waals surface area (Å²) < 4.78 is 5.49. The van der Waals surface area contributed by atoms with Crippen LogP contribution in [0.2, 0.25) is 0 Å². The highest BCUT2D eigenvalue weighted by Crippen LogP contribution is 2.21. The number of aryl methyl sites for hydroxylation is 2. The first kappa shape index (κ1) is 12.7. The van der Waals surface area contributed by atoms with E-state index in [2.05, 4.69) is 0 Å². The molecule has 1 aliphatic heterocycles. The fourth-order valence-electron chi connectivity index (χ4n) is 2.28. The molecule has 1 aromatic heterocycles. The lowest BCUT2D eigenvalue weighted by molar-refractivity contribution is -0.141. The molecule has 1 aromatic rings. The number of carbonyl (C=O) groups excluding carboxylic acids is 1. The van der Waals surface area contributed by atoms with Crippen molar-refractivity contribution in [1.82, 2.24) is 4.90 Å². The molecule has 0 aromatic carbocycles. The van der Waals surface area contributed by atoms with E-state index in [0.717, 1.165) is 17.7 Å². The van der Waals surface area contributed by atoms with Crippen LogP contribution < -0.4 is 0 Å². The molecular formula is C13H17NO4. The molecule has 98 valence electrons. The molecule has 2 heterocycles. The van der Waals surface area contributed by atoms with Gasteiger partial charge in [0.25, 0.3) is 5.91 Å². The molecule has 0 unspecified atom stereocenters. The predicted molar refractivity (Wildman–Crippen MR) is 64.5 cm³/mol. The highest BCUT2D eigenvalue weighted by molar-refractivity contribution is 5.92. The second-order valence-corrected chi connectivity index (χ2v) is 4.65. The molecule has 1 saturated heterocycles. The zero-order valence-corrected chi connectivity index (χ0v) is 10.6. The van der Waals surface area contributed by atoms with Gasteiger partial charge in [-0.05, 0) is 25.0 Å². The number of nitrogens with zero attached hydrogens (tertiary/aromatic N) is 1. The summed E-state index contributed by atoms with van der Waals surface area (Å²) in [5.41, 5.74) is 0.967. The third-order valence-corrected chi connectivity index (χ3v) is 3.38. The van der Waals surface area contributed by atoms with Gasteiger partial charge in [-0.1, -0.05) is 6.92 Å². The number of rotatable bonds is 3. The van der Waals surface area contributed by atoms with Gasteiger partial charge in [0, 0.05) is 19.5 Å². The van der Waals surface area contributed by atoms with Crippen molar-refractivity contribution in [2.75, 3.05) is 13.1 Å². The third-order valence-electron chi connectivity index (χ3n) is 3.38. The molecule has 5 nitrogen and oxygen atoms in total. The first-order valence-electron chi connectivity index (χ1n) is 6.14. The molecule has 1 atom stereocenters. The van der Waals surface area contributed by atoms with Crippen molar-refractivity contribution in [2.24, 2.45) is 5.92 Å². The number of carboxylic acid groups (broad SMARTS) is 1. The van der Waals surface area contributed by atoms with Gasteiger partial charge in [0.05, 0.1) is 5.92 Å². The summed E-state index contributed by atoms with van der Waals surface area (Å²) in [7, 11) is 0. The molecule has 0 radical (unpaired) electrons. The normalized spacial score (nSPS) is 19.2. The number of aliphatic carboxylic acids is 1. The first-order valence-corrected chi connectivity index (χ1v) is 6.14. The van der Waals surface area contributed by atoms with E-state index in [-0.39, 0.29) is 12.5 Å². The van der Waals surface area contributed by atoms with Crippen molar-refractivity contribution in [3.63, 3.8) is 0 Å². The Morgan fingerprint density at radius 3 is 2.78 bits per heavy atom. The van der Waals surface area contributed by atoms with Gasteiger partial charge >= 0.3 is 5.97 Å². The number of furan rings is 1. The number of hydrogen-bond acceptors (Lipinski definition) is 3. The SMILES string of the molecule is CCc1oc(C(=O)N2CC[C@@H](C(=O)O)C2)cc1C. The van der Waals surface area contributed by atoms with Crippen LogP contribution in [0.3, 0.4) is 0 Å². The molecule has 18 heavy (non-hydrogen) atoms. The Labute approximate surface area is 105 Å². The standard InChI is InChI=1S/C13H17NO4/c1-3-10-8(2)6-11(18-10)12(15)14-5-4-9(7-14)13(16)17/h6,9H,3-5,7H2,1-2H3,(H,16,17)/t9-/m1/s1. The second kappa shape index (κ2) is 4.84. The minimum atomic E-state index is -0.838. The molecule has 0 bridgehead atoms. The Morgan fingerprint density at radius 2 is 2.28 bits per heavy atom. The molecule has 0 aliphatic carbocycles. The van der Waals surface area contributed by atoms with Crippen LogP contribution in [0.25, 0.3) is 0 Å². The monoisotopic (exact) mass is 251 g/mol. The van der Waals surface area contributed by atoms with Gasteiger partial charge in [0.1, 0.15) is 5.76 Å². The molecule has 1 N–H and O–H groups in total. The summed E-state index contributed by atoms with van der Waals surface area (Å²) in [5.74, 6) is -0.366. The third kappa shape index (κ3) is 2.25. The Morgan fingerprint density at radius 1 is 1.56 bits per heavy atom. The predicted octanol–water partition coefficient (Wildman–Crippen LogP) is 1.70.